The predicted octanol–water partition coefficient (Wildman–Crippen LogP) is 0.639. The number of aliphatic carboxylic acids is 1. The number of benzene rings is 1. The topological polar surface area (TPSA) is 61.6 Å². The Morgan fingerprint density at radius 2 is 1.64 bits per heavy atom. The molecule has 1 aromatic rings. The number of Topliss-reactive ketones (excluding diaryl/α,β-unsaturated/α-hetero) is 1. The first kappa shape index (κ1) is 18.4. The third-order valence-corrected chi connectivity index (χ3v) is 3.94. The molecule has 0 bridgehead atoms. The lowest BCUT2D eigenvalue weighted by Gasteiger charge is -2.25. The molecule has 4 heteroatoms. The number of quaternary nitrogens is 1. The van der Waals surface area contributed by atoms with Crippen LogP contribution in [0.5, 0.6) is 0 Å². The average Bonchev–Trinajstić information content (AvgIpc) is 2.48. The van der Waals surface area contributed by atoms with Crippen molar-refractivity contribution in [2.45, 2.75) is 40.0 Å². The molecule has 0 radical (unpaired) electrons. The van der Waals surface area contributed by atoms with Crippen LogP contribution in [0.15, 0.2) is 24.3 Å². The van der Waals surface area contributed by atoms with Crippen molar-refractivity contribution in [3.63, 3.8) is 0 Å². The average molecular weight is 305 g/mol. The standard InChI is InChI=1S/C16H23NO.C2H4O2/c1-13-6-8-15(9-7-13)16(18)14(2)12-17-10-4-3-5-11-17;1-2(3)4/h6-9,14H,3-5,10-12H2,1-2H3;1H3,(H,3,4). The zero-order chi connectivity index (χ0) is 16.5. The van der Waals surface area contributed by atoms with Crippen molar-refractivity contribution in [2.75, 3.05) is 19.6 Å². The first-order valence-corrected chi connectivity index (χ1v) is 8.02. The van der Waals surface area contributed by atoms with E-state index in [0.29, 0.717) is 5.78 Å². The predicted molar refractivity (Wildman–Crippen MR) is 84.8 cm³/mol. The number of carboxylic acid groups (broad SMARTS) is 1. The fraction of sp³-hybridized carbons (Fsp3) is 0.556. The molecule has 1 saturated heterocycles. The molecule has 0 saturated carbocycles. The van der Waals surface area contributed by atoms with Gasteiger partial charge in [0.1, 0.15) is 0 Å². The minimum atomic E-state index is -1.08. The van der Waals surface area contributed by atoms with Crippen molar-refractivity contribution in [1.29, 1.82) is 0 Å². The van der Waals surface area contributed by atoms with Crippen molar-refractivity contribution in [3.05, 3.63) is 35.4 Å². The van der Waals surface area contributed by atoms with Crippen LogP contribution >= 0.6 is 0 Å². The lowest BCUT2D eigenvalue weighted by Crippen LogP contribution is -3.13. The molecule has 0 aliphatic carbocycles. The number of ketones is 1. The first-order valence-electron chi connectivity index (χ1n) is 8.02. The Balaban J connectivity index is 0.000000541. The van der Waals surface area contributed by atoms with Gasteiger partial charge in [-0.3, -0.25) is 4.79 Å². The van der Waals surface area contributed by atoms with Gasteiger partial charge in [0.2, 0.25) is 0 Å². The summed E-state index contributed by atoms with van der Waals surface area (Å²) in [5.74, 6) is -0.645. The molecule has 1 unspecified atom stereocenters. The SMILES string of the molecule is CC(=O)[O-].Cc1ccc(C(=O)C(C)C[NH+]2CCCCC2)cc1. The Kier molecular flexibility index (Phi) is 7.82. The maximum atomic E-state index is 12.3. The second kappa shape index (κ2) is 9.36. The van der Waals surface area contributed by atoms with Crippen molar-refractivity contribution < 1.29 is 19.6 Å². The van der Waals surface area contributed by atoms with Crippen molar-refractivity contribution in [2.24, 2.45) is 5.92 Å². The summed E-state index contributed by atoms with van der Waals surface area (Å²) in [7, 11) is 0. The monoisotopic (exact) mass is 305 g/mol. The number of carbonyl (C=O) groups excluding carboxylic acids is 2. The van der Waals surface area contributed by atoms with E-state index in [1.807, 2.05) is 24.3 Å². The fourth-order valence-corrected chi connectivity index (χ4v) is 2.78. The highest BCUT2D eigenvalue weighted by Crippen LogP contribution is 2.09. The molecular formula is C18H27NO3. The number of carbonyl (C=O) groups is 2. The highest BCUT2D eigenvalue weighted by atomic mass is 16.4. The molecule has 0 amide bonds. The van der Waals surface area contributed by atoms with Gasteiger partial charge >= 0.3 is 0 Å². The van der Waals surface area contributed by atoms with Gasteiger partial charge in [-0.2, -0.15) is 0 Å². The van der Waals surface area contributed by atoms with Crippen LogP contribution in [0.3, 0.4) is 0 Å². The van der Waals surface area contributed by atoms with Crippen LogP contribution in [-0.2, 0) is 4.79 Å². The second-order valence-corrected chi connectivity index (χ2v) is 6.14. The zero-order valence-corrected chi connectivity index (χ0v) is 13.9. The summed E-state index contributed by atoms with van der Waals surface area (Å²) in [5, 5.41) is 8.89. The number of carboxylic acids is 1. The number of piperidine rings is 1. The van der Waals surface area contributed by atoms with Gasteiger partial charge < -0.3 is 14.8 Å². The molecule has 22 heavy (non-hydrogen) atoms. The second-order valence-electron chi connectivity index (χ2n) is 6.14. The summed E-state index contributed by atoms with van der Waals surface area (Å²) >= 11 is 0. The van der Waals surface area contributed by atoms with Gasteiger partial charge in [0.05, 0.1) is 25.6 Å². The quantitative estimate of drug-likeness (QED) is 0.830. The van der Waals surface area contributed by atoms with Gasteiger partial charge in [-0.15, -0.1) is 0 Å². The largest absolute Gasteiger partial charge is 0.550 e. The van der Waals surface area contributed by atoms with Gasteiger partial charge in [0, 0.05) is 11.5 Å². The zero-order valence-electron chi connectivity index (χ0n) is 13.9. The molecule has 1 N–H and O–H groups in total. The van der Waals surface area contributed by atoms with Crippen molar-refractivity contribution in [3.8, 4) is 0 Å². The van der Waals surface area contributed by atoms with E-state index in [1.54, 1.807) is 4.90 Å². The van der Waals surface area contributed by atoms with Crippen LogP contribution in [-0.4, -0.2) is 31.4 Å². The molecular weight excluding hydrogens is 278 g/mol. The lowest BCUT2D eigenvalue weighted by atomic mass is 9.97. The van der Waals surface area contributed by atoms with Crippen LogP contribution < -0.4 is 10.0 Å². The van der Waals surface area contributed by atoms with E-state index in [2.05, 4.69) is 13.8 Å². The fourth-order valence-electron chi connectivity index (χ4n) is 2.78. The van der Waals surface area contributed by atoms with Gasteiger partial charge in [-0.25, -0.2) is 0 Å². The Morgan fingerprint density at radius 1 is 1.14 bits per heavy atom. The molecule has 1 fully saturated rings. The first-order chi connectivity index (χ1) is 10.4. The molecule has 1 heterocycles. The van der Waals surface area contributed by atoms with Gasteiger partial charge in [-0.1, -0.05) is 29.8 Å². The summed E-state index contributed by atoms with van der Waals surface area (Å²) in [6.07, 6.45) is 4.01. The van der Waals surface area contributed by atoms with Gasteiger partial charge in [0.25, 0.3) is 0 Å². The molecule has 1 aromatic carbocycles. The summed E-state index contributed by atoms with van der Waals surface area (Å²) in [6.45, 7) is 8.57. The van der Waals surface area contributed by atoms with Crippen LogP contribution in [0, 0.1) is 12.8 Å². The summed E-state index contributed by atoms with van der Waals surface area (Å²) in [5.41, 5.74) is 2.07. The van der Waals surface area contributed by atoms with E-state index in [-0.39, 0.29) is 5.92 Å². The third-order valence-electron chi connectivity index (χ3n) is 3.94. The maximum absolute atomic E-state index is 12.3. The van der Waals surface area contributed by atoms with Crippen LogP contribution in [0.2, 0.25) is 0 Å². The Labute approximate surface area is 133 Å². The van der Waals surface area contributed by atoms with E-state index < -0.39 is 5.97 Å². The van der Waals surface area contributed by atoms with E-state index in [9.17, 15) is 4.79 Å². The number of aryl methyl sites for hydroxylation is 1. The van der Waals surface area contributed by atoms with E-state index in [1.165, 1.54) is 37.9 Å². The number of hydrogen-bond acceptors (Lipinski definition) is 3. The van der Waals surface area contributed by atoms with Gasteiger partial charge in [-0.05, 0) is 40.0 Å². The highest BCUT2D eigenvalue weighted by molar-refractivity contribution is 5.97. The minimum Gasteiger partial charge on any atom is -0.550 e. The molecule has 1 aliphatic rings. The molecule has 2 rings (SSSR count). The lowest BCUT2D eigenvalue weighted by molar-refractivity contribution is -0.906. The highest BCUT2D eigenvalue weighted by Gasteiger charge is 2.22. The van der Waals surface area contributed by atoms with Gasteiger partial charge in [0.15, 0.2) is 5.78 Å². The summed E-state index contributed by atoms with van der Waals surface area (Å²) < 4.78 is 0. The van der Waals surface area contributed by atoms with E-state index in [4.69, 9.17) is 9.90 Å². The number of hydrogen-bond donors (Lipinski definition) is 1. The number of rotatable bonds is 4. The molecule has 0 spiro atoms. The molecule has 0 aromatic heterocycles. The normalized spacial score (nSPS) is 16.3. The van der Waals surface area contributed by atoms with Crippen LogP contribution in [0.1, 0.15) is 49.0 Å². The molecule has 1 aliphatic heterocycles. The molecule has 1 atom stereocenters. The summed E-state index contributed by atoms with van der Waals surface area (Å²) in [4.78, 5) is 22.8. The Bertz CT molecular complexity index is 472. The van der Waals surface area contributed by atoms with E-state index >= 15 is 0 Å². The van der Waals surface area contributed by atoms with Crippen LogP contribution in [0.4, 0.5) is 0 Å². The van der Waals surface area contributed by atoms with Crippen molar-refractivity contribution >= 4 is 11.8 Å². The van der Waals surface area contributed by atoms with Crippen molar-refractivity contribution in [1.82, 2.24) is 0 Å². The third kappa shape index (κ3) is 6.85. The molecule has 4 nitrogen and oxygen atoms in total. The minimum absolute atomic E-state index is 0.140. The van der Waals surface area contributed by atoms with E-state index in [0.717, 1.165) is 19.0 Å². The van der Waals surface area contributed by atoms with Crippen LogP contribution in [0.25, 0.3) is 0 Å². The maximum Gasteiger partial charge on any atom is 0.171 e. The smallest absolute Gasteiger partial charge is 0.171 e. The Hall–Kier alpha value is -1.68. The number of nitrogens with one attached hydrogen (secondary N) is 1. The number of likely N-dealkylation sites (tertiary alicyclic amines) is 1. The molecule has 122 valence electrons. The Morgan fingerprint density at radius 3 is 2.14 bits per heavy atom. The summed E-state index contributed by atoms with van der Waals surface area (Å²) in [6, 6.07) is 7.96.